The van der Waals surface area contributed by atoms with Gasteiger partial charge in [0.05, 0.1) is 12.2 Å². The van der Waals surface area contributed by atoms with E-state index in [0.717, 1.165) is 11.1 Å². The molecule has 2 atom stereocenters. The van der Waals surface area contributed by atoms with Crippen LogP contribution < -0.4 is 4.90 Å². The number of rotatable bonds is 2. The second kappa shape index (κ2) is 6.31. The van der Waals surface area contributed by atoms with Gasteiger partial charge >= 0.3 is 6.18 Å². The number of alkyl halides is 3. The lowest BCUT2D eigenvalue weighted by atomic mass is 9.97. The molecule has 0 bridgehead atoms. The lowest BCUT2D eigenvalue weighted by molar-refractivity contribution is -0.250. The molecule has 1 aliphatic heterocycles. The zero-order chi connectivity index (χ0) is 19.4. The summed E-state index contributed by atoms with van der Waals surface area (Å²) in [5.74, 6) is -0.124. The molecule has 2 heterocycles. The van der Waals surface area contributed by atoms with Crippen LogP contribution >= 0.6 is 11.6 Å². The monoisotopic (exact) mass is 401 g/mol. The second-order valence-electron chi connectivity index (χ2n) is 7.02. The van der Waals surface area contributed by atoms with Crippen LogP contribution in [-0.4, -0.2) is 39.9 Å². The molecule has 2 unspecified atom stereocenters. The number of aliphatic hydroxyl groups is 1. The van der Waals surface area contributed by atoms with E-state index in [1.165, 1.54) is 17.0 Å². The zero-order valence-corrected chi connectivity index (χ0v) is 14.9. The average molecular weight is 402 g/mol. The predicted molar refractivity (Wildman–Crippen MR) is 91.4 cm³/mol. The minimum atomic E-state index is -4.71. The topological polar surface area (TPSA) is 49.2 Å². The van der Waals surface area contributed by atoms with Crippen molar-refractivity contribution in [3.8, 4) is 0 Å². The van der Waals surface area contributed by atoms with Crippen LogP contribution in [0, 0.1) is 5.82 Å². The molecule has 1 saturated heterocycles. The number of halogens is 5. The standard InChI is InChI=1S/C18H16ClF4N3O/c19-16-24-14-12(10-1-3-11(20)4-2-10)5-6-13(14)15(25-16)26-8-7-17(27,9-26)18(21,22)23/h1-4,12,27H,5-9H2. The van der Waals surface area contributed by atoms with Crippen molar-refractivity contribution in [3.63, 3.8) is 0 Å². The Labute approximate surface area is 157 Å². The Hall–Kier alpha value is -1.93. The number of β-amino-alcohol motifs (C(OH)–C–C–N with tert-alkyl or cyclic N) is 1. The first-order chi connectivity index (χ1) is 12.7. The quantitative estimate of drug-likeness (QED) is 0.613. The number of hydrogen-bond donors (Lipinski definition) is 1. The Morgan fingerprint density at radius 3 is 2.52 bits per heavy atom. The molecule has 0 saturated carbocycles. The molecule has 0 spiro atoms. The lowest BCUT2D eigenvalue weighted by Crippen LogP contribution is -2.47. The normalized spacial score (nSPS) is 25.1. The Bertz CT molecular complexity index is 874. The summed E-state index contributed by atoms with van der Waals surface area (Å²) in [5.41, 5.74) is -0.505. The van der Waals surface area contributed by atoms with Crippen LogP contribution in [0.25, 0.3) is 0 Å². The van der Waals surface area contributed by atoms with Crippen LogP contribution in [0.15, 0.2) is 24.3 Å². The van der Waals surface area contributed by atoms with Crippen LogP contribution in [0.4, 0.5) is 23.4 Å². The molecule has 0 radical (unpaired) electrons. The van der Waals surface area contributed by atoms with Crippen LogP contribution in [0.3, 0.4) is 0 Å². The van der Waals surface area contributed by atoms with Gasteiger partial charge in [-0.25, -0.2) is 14.4 Å². The molecule has 4 rings (SSSR count). The fourth-order valence-corrected chi connectivity index (χ4v) is 4.07. The largest absolute Gasteiger partial charge is 0.418 e. The number of hydrogen-bond acceptors (Lipinski definition) is 4. The minimum absolute atomic E-state index is 0.0248. The maximum atomic E-state index is 13.2. The summed E-state index contributed by atoms with van der Waals surface area (Å²) in [6.45, 7) is -0.561. The summed E-state index contributed by atoms with van der Waals surface area (Å²) in [4.78, 5) is 9.88. The zero-order valence-electron chi connectivity index (χ0n) is 14.1. The van der Waals surface area contributed by atoms with Gasteiger partial charge in [0.25, 0.3) is 0 Å². The fraction of sp³-hybridized carbons (Fsp3) is 0.444. The first-order valence-electron chi connectivity index (χ1n) is 8.54. The van der Waals surface area contributed by atoms with Gasteiger partial charge in [-0.2, -0.15) is 13.2 Å². The fourth-order valence-electron chi connectivity index (χ4n) is 3.90. The van der Waals surface area contributed by atoms with Gasteiger partial charge in [-0.15, -0.1) is 0 Å². The summed E-state index contributed by atoms with van der Waals surface area (Å²) in [6, 6.07) is 6.06. The molecule has 2 aromatic rings. The van der Waals surface area contributed by atoms with E-state index in [2.05, 4.69) is 9.97 Å². The lowest BCUT2D eigenvalue weighted by Gasteiger charge is -2.27. The SMILES string of the molecule is OC1(C(F)(F)F)CCN(c2nc(Cl)nc3c2CCC3c2ccc(F)cc2)C1. The molecule has 27 heavy (non-hydrogen) atoms. The van der Waals surface area contributed by atoms with Crippen LogP contribution in [0.2, 0.25) is 5.28 Å². The predicted octanol–water partition coefficient (Wildman–Crippen LogP) is 3.85. The number of fused-ring (bicyclic) bond motifs is 1. The molecule has 1 fully saturated rings. The molecule has 1 aromatic heterocycles. The van der Waals surface area contributed by atoms with Crippen LogP contribution in [0.1, 0.15) is 35.6 Å². The van der Waals surface area contributed by atoms with Gasteiger partial charge in [-0.05, 0) is 42.1 Å². The third kappa shape index (κ3) is 3.14. The van der Waals surface area contributed by atoms with Gasteiger partial charge in [-0.1, -0.05) is 12.1 Å². The van der Waals surface area contributed by atoms with Crippen molar-refractivity contribution >= 4 is 17.4 Å². The third-order valence-corrected chi connectivity index (χ3v) is 5.52. The Balaban J connectivity index is 1.69. The van der Waals surface area contributed by atoms with E-state index < -0.39 is 24.7 Å². The van der Waals surface area contributed by atoms with E-state index in [4.69, 9.17) is 11.6 Å². The molecular weight excluding hydrogens is 386 g/mol. The summed E-state index contributed by atoms with van der Waals surface area (Å²) >= 11 is 6.05. The smallest absolute Gasteiger partial charge is 0.379 e. The molecule has 2 aliphatic rings. The number of benzene rings is 1. The van der Waals surface area contributed by atoms with Crippen molar-refractivity contribution < 1.29 is 22.7 Å². The highest BCUT2D eigenvalue weighted by Gasteiger charge is 2.57. The van der Waals surface area contributed by atoms with Gasteiger partial charge in [-0.3, -0.25) is 0 Å². The van der Waals surface area contributed by atoms with E-state index >= 15 is 0 Å². The molecule has 4 nitrogen and oxygen atoms in total. The van der Waals surface area contributed by atoms with Crippen LogP contribution in [-0.2, 0) is 6.42 Å². The van der Waals surface area contributed by atoms with Gasteiger partial charge in [0.2, 0.25) is 5.28 Å². The maximum Gasteiger partial charge on any atom is 0.418 e. The highest BCUT2D eigenvalue weighted by Crippen LogP contribution is 2.44. The van der Waals surface area contributed by atoms with Crippen molar-refractivity contribution in [3.05, 3.63) is 52.2 Å². The van der Waals surface area contributed by atoms with Crippen molar-refractivity contribution in [1.29, 1.82) is 0 Å². The maximum absolute atomic E-state index is 13.2. The van der Waals surface area contributed by atoms with Gasteiger partial charge in [0.15, 0.2) is 5.60 Å². The van der Waals surface area contributed by atoms with E-state index in [0.29, 0.717) is 24.4 Å². The first-order valence-corrected chi connectivity index (χ1v) is 8.91. The van der Waals surface area contributed by atoms with Crippen molar-refractivity contribution in [1.82, 2.24) is 9.97 Å². The molecule has 1 N–H and O–H groups in total. The van der Waals surface area contributed by atoms with Crippen molar-refractivity contribution in [2.24, 2.45) is 0 Å². The third-order valence-electron chi connectivity index (χ3n) is 5.35. The van der Waals surface area contributed by atoms with E-state index in [9.17, 15) is 22.7 Å². The average Bonchev–Trinajstić information content (AvgIpc) is 3.19. The second-order valence-corrected chi connectivity index (χ2v) is 7.36. The van der Waals surface area contributed by atoms with E-state index in [1.807, 2.05) is 0 Å². The molecule has 1 aliphatic carbocycles. The molecule has 1 aromatic carbocycles. The van der Waals surface area contributed by atoms with E-state index in [1.54, 1.807) is 12.1 Å². The van der Waals surface area contributed by atoms with Crippen LogP contribution in [0.5, 0.6) is 0 Å². The molecule has 0 amide bonds. The summed E-state index contributed by atoms with van der Waals surface area (Å²) in [6.07, 6.45) is -3.88. The number of aromatic nitrogens is 2. The minimum Gasteiger partial charge on any atom is -0.379 e. The van der Waals surface area contributed by atoms with Crippen molar-refractivity contribution in [2.45, 2.75) is 37.0 Å². The summed E-state index contributed by atoms with van der Waals surface area (Å²) in [7, 11) is 0. The van der Waals surface area contributed by atoms with Gasteiger partial charge in [0.1, 0.15) is 11.6 Å². The van der Waals surface area contributed by atoms with Crippen molar-refractivity contribution in [2.75, 3.05) is 18.0 Å². The summed E-state index contributed by atoms with van der Waals surface area (Å²) in [5, 5.41) is 9.90. The Morgan fingerprint density at radius 2 is 1.89 bits per heavy atom. The first kappa shape index (κ1) is 18.4. The van der Waals surface area contributed by atoms with Gasteiger partial charge < -0.3 is 10.0 Å². The van der Waals surface area contributed by atoms with E-state index in [-0.39, 0.29) is 23.6 Å². The Kier molecular flexibility index (Phi) is 4.31. The highest BCUT2D eigenvalue weighted by atomic mass is 35.5. The Morgan fingerprint density at radius 1 is 1.19 bits per heavy atom. The van der Waals surface area contributed by atoms with Gasteiger partial charge in [0, 0.05) is 24.4 Å². The number of nitrogens with zero attached hydrogens (tertiary/aromatic N) is 3. The molecule has 9 heteroatoms. The highest BCUT2D eigenvalue weighted by molar-refractivity contribution is 6.28. The number of anilines is 1. The molecule has 144 valence electrons. The molecular formula is C18H16ClF4N3O. The summed E-state index contributed by atoms with van der Waals surface area (Å²) < 4.78 is 52.6.